The van der Waals surface area contributed by atoms with E-state index in [0.717, 1.165) is 38.4 Å². The number of nitrogens with one attached hydrogen (secondary N) is 1. The second kappa shape index (κ2) is 10.9. The van der Waals surface area contributed by atoms with Crippen molar-refractivity contribution in [2.75, 3.05) is 45.9 Å². The van der Waals surface area contributed by atoms with E-state index in [9.17, 15) is 9.90 Å². The Morgan fingerprint density at radius 1 is 1.09 bits per heavy atom. The molecule has 2 N–H and O–H groups in total. The maximum absolute atomic E-state index is 12.3. The van der Waals surface area contributed by atoms with Crippen LogP contribution in [0.5, 0.6) is 0 Å². The smallest absolute Gasteiger partial charge is 0.317 e. The fraction of sp³-hybridized carbons (Fsp3) is 0.944. The van der Waals surface area contributed by atoms with Crippen LogP contribution in [-0.2, 0) is 0 Å². The topological polar surface area (TPSA) is 55.8 Å². The molecule has 5 heteroatoms. The van der Waals surface area contributed by atoms with Crippen molar-refractivity contribution in [2.45, 2.75) is 57.8 Å². The predicted octanol–water partition coefficient (Wildman–Crippen LogP) is 2.45. The molecule has 1 heterocycles. The fourth-order valence-corrected chi connectivity index (χ4v) is 3.87. The first-order valence-electron chi connectivity index (χ1n) is 9.65. The van der Waals surface area contributed by atoms with Crippen LogP contribution in [0.4, 0.5) is 4.79 Å². The summed E-state index contributed by atoms with van der Waals surface area (Å²) in [4.78, 5) is 16.6. The van der Waals surface area contributed by atoms with Crippen molar-refractivity contribution in [3.8, 4) is 0 Å². The Balaban J connectivity index is 1.60. The fourth-order valence-electron chi connectivity index (χ4n) is 3.87. The SMILES string of the molecule is O=C(NCCCN1CCCC1)N(CCO)CCC1CCCCC1. The molecular formula is C18H35N3O2. The van der Waals surface area contributed by atoms with E-state index in [-0.39, 0.29) is 12.6 Å². The van der Waals surface area contributed by atoms with Crippen LogP contribution >= 0.6 is 0 Å². The average Bonchev–Trinajstić information content (AvgIpc) is 3.09. The van der Waals surface area contributed by atoms with Gasteiger partial charge in [-0.2, -0.15) is 0 Å². The van der Waals surface area contributed by atoms with E-state index in [4.69, 9.17) is 0 Å². The van der Waals surface area contributed by atoms with E-state index >= 15 is 0 Å². The third-order valence-corrected chi connectivity index (χ3v) is 5.32. The summed E-state index contributed by atoms with van der Waals surface area (Å²) in [6.45, 7) is 5.53. The van der Waals surface area contributed by atoms with Crippen LogP contribution in [0.25, 0.3) is 0 Å². The zero-order valence-electron chi connectivity index (χ0n) is 14.6. The van der Waals surface area contributed by atoms with Crippen LogP contribution < -0.4 is 5.32 Å². The van der Waals surface area contributed by atoms with Crippen LogP contribution in [0.1, 0.15) is 57.8 Å². The molecule has 0 atom stereocenters. The van der Waals surface area contributed by atoms with Gasteiger partial charge < -0.3 is 20.2 Å². The second-order valence-corrected chi connectivity index (χ2v) is 7.14. The number of hydrogen-bond donors (Lipinski definition) is 2. The van der Waals surface area contributed by atoms with Crippen LogP contribution in [0, 0.1) is 5.92 Å². The molecule has 5 nitrogen and oxygen atoms in total. The molecule has 134 valence electrons. The molecule has 0 unspecified atom stereocenters. The van der Waals surface area contributed by atoms with Gasteiger partial charge in [-0.25, -0.2) is 4.79 Å². The molecule has 2 amide bonds. The summed E-state index contributed by atoms with van der Waals surface area (Å²) in [6.07, 6.45) is 11.4. The lowest BCUT2D eigenvalue weighted by Gasteiger charge is -2.27. The number of nitrogens with zero attached hydrogens (tertiary/aromatic N) is 2. The number of rotatable bonds is 9. The molecule has 1 saturated carbocycles. The monoisotopic (exact) mass is 325 g/mol. The quantitative estimate of drug-likeness (QED) is 0.640. The minimum atomic E-state index is -0.00344. The number of likely N-dealkylation sites (tertiary alicyclic amines) is 1. The maximum Gasteiger partial charge on any atom is 0.317 e. The number of aliphatic hydroxyl groups excluding tert-OH is 1. The Morgan fingerprint density at radius 2 is 1.83 bits per heavy atom. The van der Waals surface area contributed by atoms with Crippen molar-refractivity contribution >= 4 is 6.03 Å². The van der Waals surface area contributed by atoms with E-state index in [1.54, 1.807) is 4.90 Å². The summed E-state index contributed by atoms with van der Waals surface area (Å²) in [6, 6.07) is -0.00344. The lowest BCUT2D eigenvalue weighted by Crippen LogP contribution is -2.43. The molecule has 0 aromatic rings. The molecule has 0 radical (unpaired) electrons. The third kappa shape index (κ3) is 7.08. The molecule has 0 aromatic heterocycles. The van der Waals surface area contributed by atoms with E-state index in [1.165, 1.54) is 58.0 Å². The van der Waals surface area contributed by atoms with Crippen molar-refractivity contribution in [1.29, 1.82) is 0 Å². The Labute approximate surface area is 141 Å². The molecule has 1 saturated heterocycles. The average molecular weight is 325 g/mol. The summed E-state index contributed by atoms with van der Waals surface area (Å²) in [7, 11) is 0. The highest BCUT2D eigenvalue weighted by Gasteiger charge is 2.18. The third-order valence-electron chi connectivity index (χ3n) is 5.32. The number of hydrogen-bond acceptors (Lipinski definition) is 3. The molecule has 23 heavy (non-hydrogen) atoms. The first-order chi connectivity index (χ1) is 11.3. The molecule has 1 aliphatic heterocycles. The van der Waals surface area contributed by atoms with Gasteiger partial charge >= 0.3 is 6.03 Å². The number of urea groups is 1. The molecule has 2 fully saturated rings. The first-order valence-corrected chi connectivity index (χ1v) is 9.65. The van der Waals surface area contributed by atoms with Gasteiger partial charge in [0.2, 0.25) is 0 Å². The predicted molar refractivity (Wildman–Crippen MR) is 93.5 cm³/mol. The molecule has 2 aliphatic rings. The zero-order chi connectivity index (χ0) is 16.3. The van der Waals surface area contributed by atoms with Crippen LogP contribution in [0.3, 0.4) is 0 Å². The van der Waals surface area contributed by atoms with Gasteiger partial charge in [0.15, 0.2) is 0 Å². The van der Waals surface area contributed by atoms with E-state index in [2.05, 4.69) is 10.2 Å². The number of aliphatic hydroxyl groups is 1. The first kappa shape index (κ1) is 18.5. The van der Waals surface area contributed by atoms with E-state index in [0.29, 0.717) is 6.54 Å². The summed E-state index contributed by atoms with van der Waals surface area (Å²) in [5, 5.41) is 12.2. The normalized spacial score (nSPS) is 19.9. The van der Waals surface area contributed by atoms with Crippen molar-refractivity contribution in [2.24, 2.45) is 5.92 Å². The summed E-state index contributed by atoms with van der Waals surface area (Å²) in [5.41, 5.74) is 0. The molecule has 1 aliphatic carbocycles. The molecule has 0 bridgehead atoms. The lowest BCUT2D eigenvalue weighted by atomic mass is 9.87. The molecule has 0 spiro atoms. The van der Waals surface area contributed by atoms with Gasteiger partial charge in [-0.3, -0.25) is 0 Å². The highest BCUT2D eigenvalue weighted by atomic mass is 16.3. The van der Waals surface area contributed by atoms with Crippen LogP contribution in [0.15, 0.2) is 0 Å². The van der Waals surface area contributed by atoms with Crippen molar-refractivity contribution in [3.63, 3.8) is 0 Å². The number of carbonyl (C=O) groups excluding carboxylic acids is 1. The number of carbonyl (C=O) groups is 1. The van der Waals surface area contributed by atoms with Gasteiger partial charge in [-0.1, -0.05) is 32.1 Å². The van der Waals surface area contributed by atoms with E-state index in [1.807, 2.05) is 0 Å². The lowest BCUT2D eigenvalue weighted by molar-refractivity contribution is 0.169. The summed E-state index contributed by atoms with van der Waals surface area (Å²) >= 11 is 0. The molecule has 2 rings (SSSR count). The largest absolute Gasteiger partial charge is 0.395 e. The second-order valence-electron chi connectivity index (χ2n) is 7.14. The van der Waals surface area contributed by atoms with Gasteiger partial charge in [0.05, 0.1) is 6.61 Å². The van der Waals surface area contributed by atoms with Gasteiger partial charge in [0.1, 0.15) is 0 Å². The zero-order valence-corrected chi connectivity index (χ0v) is 14.6. The summed E-state index contributed by atoms with van der Waals surface area (Å²) in [5.74, 6) is 0.771. The van der Waals surface area contributed by atoms with Crippen LogP contribution in [-0.4, -0.2) is 66.8 Å². The van der Waals surface area contributed by atoms with Crippen molar-refractivity contribution in [3.05, 3.63) is 0 Å². The van der Waals surface area contributed by atoms with E-state index < -0.39 is 0 Å². The van der Waals surface area contributed by atoms with Crippen LogP contribution in [0.2, 0.25) is 0 Å². The van der Waals surface area contributed by atoms with Gasteiger partial charge in [0.25, 0.3) is 0 Å². The molecular weight excluding hydrogens is 290 g/mol. The number of amides is 2. The Bertz CT molecular complexity index is 326. The Hall–Kier alpha value is -0.810. The van der Waals surface area contributed by atoms with Gasteiger partial charge in [-0.15, -0.1) is 0 Å². The Kier molecular flexibility index (Phi) is 8.76. The summed E-state index contributed by atoms with van der Waals surface area (Å²) < 4.78 is 0. The van der Waals surface area contributed by atoms with Crippen molar-refractivity contribution < 1.29 is 9.90 Å². The minimum absolute atomic E-state index is 0.00344. The molecule has 0 aromatic carbocycles. The van der Waals surface area contributed by atoms with Gasteiger partial charge in [-0.05, 0) is 51.2 Å². The van der Waals surface area contributed by atoms with Gasteiger partial charge in [0, 0.05) is 19.6 Å². The van der Waals surface area contributed by atoms with Crippen molar-refractivity contribution in [1.82, 2.24) is 15.1 Å². The maximum atomic E-state index is 12.3. The minimum Gasteiger partial charge on any atom is -0.395 e. The highest BCUT2D eigenvalue weighted by molar-refractivity contribution is 5.74. The standard InChI is InChI=1S/C18H35N3O2/c22-16-15-21(14-9-17-7-2-1-3-8-17)18(23)19-10-6-13-20-11-4-5-12-20/h17,22H,1-16H2,(H,19,23). The Morgan fingerprint density at radius 3 is 2.52 bits per heavy atom. The highest BCUT2D eigenvalue weighted by Crippen LogP contribution is 2.26.